The summed E-state index contributed by atoms with van der Waals surface area (Å²) in [4.78, 5) is 26.0. The molecule has 2 aromatic carbocycles. The first-order chi connectivity index (χ1) is 11.4. The zero-order chi connectivity index (χ0) is 17.4. The second-order valence-electron chi connectivity index (χ2n) is 5.17. The summed E-state index contributed by atoms with van der Waals surface area (Å²) in [6, 6.07) is 8.85. The van der Waals surface area contributed by atoms with E-state index in [1.54, 1.807) is 24.3 Å². The Kier molecular flexibility index (Phi) is 4.92. The molecule has 2 aromatic rings. The first kappa shape index (κ1) is 17.4. The monoisotopic (exact) mass is 402 g/mol. The van der Waals surface area contributed by atoms with Crippen molar-refractivity contribution in [1.82, 2.24) is 0 Å². The molecule has 3 rings (SSSR count). The minimum absolute atomic E-state index is 0.0133. The third-order valence-electron chi connectivity index (χ3n) is 3.58. The molecule has 1 unspecified atom stereocenters. The maximum Gasteiger partial charge on any atom is 0.256 e. The van der Waals surface area contributed by atoms with Crippen molar-refractivity contribution in [3.05, 3.63) is 56.5 Å². The number of hydrogen-bond acceptors (Lipinski definition) is 3. The molecule has 0 bridgehead atoms. The van der Waals surface area contributed by atoms with Crippen LogP contribution in [-0.4, -0.2) is 17.9 Å². The lowest BCUT2D eigenvalue weighted by Gasteiger charge is -2.18. The predicted molar refractivity (Wildman–Crippen MR) is 97.4 cm³/mol. The van der Waals surface area contributed by atoms with E-state index >= 15 is 0 Å². The summed E-state index contributed by atoms with van der Waals surface area (Å²) in [5.74, 6) is -0.778. The summed E-state index contributed by atoms with van der Waals surface area (Å²) in [6.45, 7) is 0. The summed E-state index contributed by atoms with van der Waals surface area (Å²) >= 11 is 24.0. The number of carbonyl (C=O) groups excluding carboxylic acids is 2. The fraction of sp³-hybridized carbons (Fsp3) is 0.125. The lowest BCUT2D eigenvalue weighted by atomic mass is 10.2. The number of carbonyl (C=O) groups is 2. The van der Waals surface area contributed by atoms with Crippen LogP contribution >= 0.6 is 46.4 Å². The lowest BCUT2D eigenvalue weighted by Crippen LogP contribution is -2.35. The topological polar surface area (TPSA) is 49.4 Å². The molecule has 1 fully saturated rings. The van der Waals surface area contributed by atoms with Gasteiger partial charge in [-0.1, -0.05) is 52.5 Å². The zero-order valence-corrected chi connectivity index (χ0v) is 15.0. The first-order valence-corrected chi connectivity index (χ1v) is 8.42. The van der Waals surface area contributed by atoms with Crippen LogP contribution in [0, 0.1) is 0 Å². The molecule has 1 saturated heterocycles. The molecule has 2 amide bonds. The standard InChI is InChI=1S/C16H10Cl4N2O2/c17-8-4-5-13(10(19)6-8)22-14(23)7-12(16(22)24)21-11-3-1-2-9(18)15(11)20/h1-6,12,21H,7H2. The molecule has 4 nitrogen and oxygen atoms in total. The van der Waals surface area contributed by atoms with Crippen molar-refractivity contribution >= 4 is 69.6 Å². The number of hydrogen-bond donors (Lipinski definition) is 1. The van der Waals surface area contributed by atoms with Crippen molar-refractivity contribution in [1.29, 1.82) is 0 Å². The molecule has 0 radical (unpaired) electrons. The average molecular weight is 404 g/mol. The van der Waals surface area contributed by atoms with Crippen molar-refractivity contribution in [2.75, 3.05) is 10.2 Å². The minimum atomic E-state index is -0.750. The Balaban J connectivity index is 1.88. The Hall–Kier alpha value is -1.46. The molecule has 0 saturated carbocycles. The summed E-state index contributed by atoms with van der Waals surface area (Å²) in [7, 11) is 0. The van der Waals surface area contributed by atoms with Crippen LogP contribution < -0.4 is 10.2 Å². The Morgan fingerprint density at radius 2 is 1.75 bits per heavy atom. The maximum atomic E-state index is 12.6. The van der Waals surface area contributed by atoms with E-state index in [9.17, 15) is 9.59 Å². The highest BCUT2D eigenvalue weighted by Crippen LogP contribution is 2.35. The predicted octanol–water partition coefficient (Wildman–Crippen LogP) is 5.04. The second kappa shape index (κ2) is 6.81. The lowest BCUT2D eigenvalue weighted by molar-refractivity contribution is -0.121. The number of rotatable bonds is 3. The SMILES string of the molecule is O=C1CC(Nc2cccc(Cl)c2Cl)C(=O)N1c1ccc(Cl)cc1Cl. The highest BCUT2D eigenvalue weighted by Gasteiger charge is 2.40. The number of nitrogens with one attached hydrogen (secondary N) is 1. The van der Waals surface area contributed by atoms with Crippen molar-refractivity contribution < 1.29 is 9.59 Å². The molecule has 1 atom stereocenters. The molecular weight excluding hydrogens is 394 g/mol. The van der Waals surface area contributed by atoms with Crippen LogP contribution in [0.25, 0.3) is 0 Å². The van der Waals surface area contributed by atoms with Crippen LogP contribution in [0.2, 0.25) is 20.1 Å². The maximum absolute atomic E-state index is 12.6. The molecule has 124 valence electrons. The van der Waals surface area contributed by atoms with Gasteiger partial charge in [-0.3, -0.25) is 9.59 Å². The number of halogens is 4. The molecule has 0 aliphatic carbocycles. The summed E-state index contributed by atoms with van der Waals surface area (Å²) in [6.07, 6.45) is -0.0133. The number of benzene rings is 2. The molecule has 24 heavy (non-hydrogen) atoms. The molecule has 0 spiro atoms. The van der Waals surface area contributed by atoms with Gasteiger partial charge in [0.05, 0.1) is 32.9 Å². The van der Waals surface area contributed by atoms with Gasteiger partial charge in [-0.25, -0.2) is 4.90 Å². The summed E-state index contributed by atoms with van der Waals surface area (Å²) in [5, 5.41) is 4.26. The third-order valence-corrected chi connectivity index (χ3v) is 4.94. The zero-order valence-electron chi connectivity index (χ0n) is 12.0. The molecule has 1 aliphatic heterocycles. The van der Waals surface area contributed by atoms with E-state index in [4.69, 9.17) is 46.4 Å². The van der Waals surface area contributed by atoms with Crippen LogP contribution in [0.15, 0.2) is 36.4 Å². The Bertz CT molecular complexity index is 841. The van der Waals surface area contributed by atoms with Crippen molar-refractivity contribution in [3.8, 4) is 0 Å². The fourth-order valence-electron chi connectivity index (χ4n) is 2.46. The smallest absolute Gasteiger partial charge is 0.256 e. The van der Waals surface area contributed by atoms with Gasteiger partial charge in [-0.15, -0.1) is 0 Å². The van der Waals surface area contributed by atoms with Crippen molar-refractivity contribution in [3.63, 3.8) is 0 Å². The van der Waals surface area contributed by atoms with Gasteiger partial charge in [-0.05, 0) is 30.3 Å². The van der Waals surface area contributed by atoms with Gasteiger partial charge in [0.2, 0.25) is 5.91 Å². The van der Waals surface area contributed by atoms with Crippen molar-refractivity contribution in [2.45, 2.75) is 12.5 Å². The summed E-state index contributed by atoms with van der Waals surface area (Å²) < 4.78 is 0. The number of amides is 2. The van der Waals surface area contributed by atoms with Crippen molar-refractivity contribution in [2.24, 2.45) is 0 Å². The van der Waals surface area contributed by atoms with Gasteiger partial charge in [-0.2, -0.15) is 0 Å². The van der Waals surface area contributed by atoms with Gasteiger partial charge in [0, 0.05) is 5.02 Å². The van der Waals surface area contributed by atoms with E-state index in [-0.39, 0.29) is 17.4 Å². The molecule has 8 heteroatoms. The highest BCUT2D eigenvalue weighted by molar-refractivity contribution is 6.44. The minimum Gasteiger partial charge on any atom is -0.372 e. The van der Waals surface area contributed by atoms with Crippen LogP contribution in [0.5, 0.6) is 0 Å². The third kappa shape index (κ3) is 3.20. The van der Waals surface area contributed by atoms with Gasteiger partial charge >= 0.3 is 0 Å². The van der Waals surface area contributed by atoms with Crippen LogP contribution in [0.1, 0.15) is 6.42 Å². The quantitative estimate of drug-likeness (QED) is 0.730. The van der Waals surface area contributed by atoms with Gasteiger partial charge < -0.3 is 5.32 Å². The Morgan fingerprint density at radius 3 is 2.46 bits per heavy atom. The van der Waals surface area contributed by atoms with E-state index in [1.807, 2.05) is 0 Å². The van der Waals surface area contributed by atoms with E-state index in [2.05, 4.69) is 5.32 Å². The molecule has 1 N–H and O–H groups in total. The molecule has 1 aliphatic rings. The fourth-order valence-corrected chi connectivity index (χ4v) is 3.31. The summed E-state index contributed by atoms with van der Waals surface area (Å²) in [5.41, 5.74) is 0.789. The number of imide groups is 1. The van der Waals surface area contributed by atoms with Gasteiger partial charge in [0.25, 0.3) is 5.91 Å². The van der Waals surface area contributed by atoms with Gasteiger partial charge in [0.1, 0.15) is 6.04 Å². The first-order valence-electron chi connectivity index (χ1n) is 6.91. The molecule has 0 aromatic heterocycles. The highest BCUT2D eigenvalue weighted by atomic mass is 35.5. The van der Waals surface area contributed by atoms with Crippen LogP contribution in [0.4, 0.5) is 11.4 Å². The van der Waals surface area contributed by atoms with Crippen LogP contribution in [0.3, 0.4) is 0 Å². The van der Waals surface area contributed by atoms with Crippen LogP contribution in [-0.2, 0) is 9.59 Å². The van der Waals surface area contributed by atoms with E-state index in [1.165, 1.54) is 12.1 Å². The Labute approximate surface area is 158 Å². The second-order valence-corrected chi connectivity index (χ2v) is 6.79. The largest absolute Gasteiger partial charge is 0.372 e. The normalized spacial score (nSPS) is 17.5. The van der Waals surface area contributed by atoms with Gasteiger partial charge in [0.15, 0.2) is 0 Å². The Morgan fingerprint density at radius 1 is 1.00 bits per heavy atom. The molecular formula is C16H10Cl4N2O2. The number of anilines is 2. The van der Waals surface area contributed by atoms with E-state index in [0.29, 0.717) is 26.4 Å². The van der Waals surface area contributed by atoms with E-state index < -0.39 is 11.9 Å². The van der Waals surface area contributed by atoms with E-state index in [0.717, 1.165) is 4.90 Å². The average Bonchev–Trinajstić information content (AvgIpc) is 2.79. The molecule has 1 heterocycles. The number of nitrogens with zero attached hydrogens (tertiary/aromatic N) is 1.